The number of nitrogens with one attached hydrogen (secondary N) is 1. The first kappa shape index (κ1) is 20.0. The Morgan fingerprint density at radius 2 is 2.00 bits per heavy atom. The van der Waals surface area contributed by atoms with Crippen LogP contribution in [-0.2, 0) is 14.3 Å². The van der Waals surface area contributed by atoms with E-state index in [1.165, 1.54) is 6.07 Å². The van der Waals surface area contributed by atoms with Gasteiger partial charge in [-0.05, 0) is 49.6 Å². The standard InChI is InChI=1S/C19H20ClFN4O3/c1-12-2-3-14(10-15(12)21)22-18(26)11-28-19(27)13-6-8-25(9-7-13)17-5-4-16(20)23-24-17/h2-5,10,13H,6-9,11H2,1H3,(H,22,26). The molecule has 1 aromatic carbocycles. The molecule has 0 aliphatic carbocycles. The number of hydrogen-bond donors (Lipinski definition) is 1. The van der Waals surface area contributed by atoms with Crippen LogP contribution in [0.25, 0.3) is 0 Å². The smallest absolute Gasteiger partial charge is 0.309 e. The number of benzene rings is 1. The molecule has 1 aliphatic heterocycles. The maximum absolute atomic E-state index is 13.5. The van der Waals surface area contributed by atoms with E-state index in [0.29, 0.717) is 48.2 Å². The van der Waals surface area contributed by atoms with Gasteiger partial charge in [-0.25, -0.2) is 4.39 Å². The Balaban J connectivity index is 1.43. The molecule has 28 heavy (non-hydrogen) atoms. The fourth-order valence-electron chi connectivity index (χ4n) is 2.94. The Bertz CT molecular complexity index is 855. The lowest BCUT2D eigenvalue weighted by atomic mass is 9.97. The van der Waals surface area contributed by atoms with Crippen molar-refractivity contribution < 1.29 is 18.7 Å². The summed E-state index contributed by atoms with van der Waals surface area (Å²) in [4.78, 5) is 26.2. The van der Waals surface area contributed by atoms with Gasteiger partial charge in [-0.15, -0.1) is 10.2 Å². The van der Waals surface area contributed by atoms with Crippen LogP contribution >= 0.6 is 11.6 Å². The summed E-state index contributed by atoms with van der Waals surface area (Å²) in [6, 6.07) is 7.84. The van der Waals surface area contributed by atoms with Crippen molar-refractivity contribution in [2.75, 3.05) is 29.9 Å². The monoisotopic (exact) mass is 406 g/mol. The number of rotatable bonds is 5. The third kappa shape index (κ3) is 5.16. The number of aryl methyl sites for hydroxylation is 1. The molecule has 7 nitrogen and oxygen atoms in total. The van der Waals surface area contributed by atoms with Gasteiger partial charge in [0.25, 0.3) is 5.91 Å². The van der Waals surface area contributed by atoms with Crippen LogP contribution < -0.4 is 10.2 Å². The Labute approximate surface area is 166 Å². The Morgan fingerprint density at radius 3 is 2.64 bits per heavy atom. The van der Waals surface area contributed by atoms with Crippen molar-refractivity contribution in [3.8, 4) is 0 Å². The van der Waals surface area contributed by atoms with E-state index in [0.717, 1.165) is 0 Å². The van der Waals surface area contributed by atoms with Crippen molar-refractivity contribution in [1.82, 2.24) is 10.2 Å². The largest absolute Gasteiger partial charge is 0.455 e. The highest BCUT2D eigenvalue weighted by Gasteiger charge is 2.27. The molecule has 2 heterocycles. The number of carbonyl (C=O) groups excluding carboxylic acids is 2. The van der Waals surface area contributed by atoms with Crippen molar-refractivity contribution in [2.45, 2.75) is 19.8 Å². The van der Waals surface area contributed by atoms with Gasteiger partial charge in [-0.1, -0.05) is 17.7 Å². The number of halogens is 2. The lowest BCUT2D eigenvalue weighted by Gasteiger charge is -2.31. The fraction of sp³-hybridized carbons (Fsp3) is 0.368. The average Bonchev–Trinajstić information content (AvgIpc) is 2.70. The molecular formula is C19H20ClFN4O3. The summed E-state index contributed by atoms with van der Waals surface area (Å²) in [7, 11) is 0. The summed E-state index contributed by atoms with van der Waals surface area (Å²) in [6.45, 7) is 2.49. The van der Waals surface area contributed by atoms with Crippen molar-refractivity contribution in [2.24, 2.45) is 5.92 Å². The molecule has 1 aromatic heterocycles. The number of anilines is 2. The van der Waals surface area contributed by atoms with Crippen molar-refractivity contribution in [3.05, 3.63) is 46.9 Å². The van der Waals surface area contributed by atoms with Crippen LogP contribution in [0.4, 0.5) is 15.9 Å². The first-order chi connectivity index (χ1) is 13.4. The first-order valence-electron chi connectivity index (χ1n) is 8.89. The maximum atomic E-state index is 13.5. The lowest BCUT2D eigenvalue weighted by Crippen LogP contribution is -2.38. The van der Waals surface area contributed by atoms with Crippen molar-refractivity contribution in [3.63, 3.8) is 0 Å². The molecule has 0 saturated carbocycles. The highest BCUT2D eigenvalue weighted by Crippen LogP contribution is 2.23. The first-order valence-corrected chi connectivity index (χ1v) is 9.27. The molecule has 0 radical (unpaired) electrons. The van der Waals surface area contributed by atoms with Gasteiger partial charge >= 0.3 is 5.97 Å². The molecule has 1 fully saturated rings. The van der Waals surface area contributed by atoms with Crippen LogP contribution in [0.5, 0.6) is 0 Å². The molecule has 148 valence electrons. The Kier molecular flexibility index (Phi) is 6.41. The minimum Gasteiger partial charge on any atom is -0.455 e. The molecule has 0 bridgehead atoms. The molecule has 0 unspecified atom stereocenters. The summed E-state index contributed by atoms with van der Waals surface area (Å²) < 4.78 is 18.6. The van der Waals surface area contributed by atoms with Gasteiger partial charge in [-0.2, -0.15) is 0 Å². The second-order valence-corrected chi connectivity index (χ2v) is 6.98. The third-order valence-electron chi connectivity index (χ3n) is 4.57. The number of nitrogens with zero attached hydrogens (tertiary/aromatic N) is 3. The quantitative estimate of drug-likeness (QED) is 0.768. The summed E-state index contributed by atoms with van der Waals surface area (Å²) in [5.41, 5.74) is 0.807. The summed E-state index contributed by atoms with van der Waals surface area (Å²) in [5.74, 6) is -0.897. The Hall–Kier alpha value is -2.74. The van der Waals surface area contributed by atoms with E-state index in [4.69, 9.17) is 16.3 Å². The predicted molar refractivity (Wildman–Crippen MR) is 103 cm³/mol. The van der Waals surface area contributed by atoms with Gasteiger partial charge in [0.15, 0.2) is 17.6 Å². The highest BCUT2D eigenvalue weighted by molar-refractivity contribution is 6.29. The number of amides is 1. The molecule has 1 aliphatic rings. The van der Waals surface area contributed by atoms with Gasteiger partial charge < -0.3 is 15.0 Å². The lowest BCUT2D eigenvalue weighted by molar-refractivity contribution is -0.152. The molecule has 0 spiro atoms. The van der Waals surface area contributed by atoms with Crippen LogP contribution in [0.15, 0.2) is 30.3 Å². The van der Waals surface area contributed by atoms with Gasteiger partial charge in [0.2, 0.25) is 0 Å². The summed E-state index contributed by atoms with van der Waals surface area (Å²) in [5, 5.41) is 10.7. The minimum atomic E-state index is -0.509. The second-order valence-electron chi connectivity index (χ2n) is 6.60. The van der Waals surface area contributed by atoms with Crippen molar-refractivity contribution >= 4 is 35.0 Å². The van der Waals surface area contributed by atoms with E-state index in [-0.39, 0.29) is 5.92 Å². The molecular weight excluding hydrogens is 387 g/mol. The molecule has 3 rings (SSSR count). The topological polar surface area (TPSA) is 84.4 Å². The van der Waals surface area contributed by atoms with E-state index < -0.39 is 24.3 Å². The average molecular weight is 407 g/mol. The normalized spacial score (nSPS) is 14.6. The number of ether oxygens (including phenoxy) is 1. The zero-order valence-electron chi connectivity index (χ0n) is 15.3. The zero-order valence-corrected chi connectivity index (χ0v) is 16.1. The summed E-state index contributed by atoms with van der Waals surface area (Å²) >= 11 is 5.74. The SMILES string of the molecule is Cc1ccc(NC(=O)COC(=O)C2CCN(c3ccc(Cl)nn3)CC2)cc1F. The highest BCUT2D eigenvalue weighted by atomic mass is 35.5. The fourth-order valence-corrected chi connectivity index (χ4v) is 3.04. The molecule has 1 saturated heterocycles. The van der Waals surface area contributed by atoms with Crippen LogP contribution in [0.2, 0.25) is 5.15 Å². The van der Waals surface area contributed by atoms with Gasteiger partial charge in [0, 0.05) is 18.8 Å². The molecule has 1 amide bonds. The molecule has 2 aromatic rings. The van der Waals surface area contributed by atoms with E-state index in [1.807, 2.05) is 4.90 Å². The van der Waals surface area contributed by atoms with Crippen LogP contribution in [-0.4, -0.2) is 41.8 Å². The number of piperidine rings is 1. The Morgan fingerprint density at radius 1 is 1.25 bits per heavy atom. The van der Waals surface area contributed by atoms with Crippen LogP contribution in [0, 0.1) is 18.7 Å². The molecule has 1 N–H and O–H groups in total. The number of aromatic nitrogens is 2. The van der Waals surface area contributed by atoms with Crippen molar-refractivity contribution in [1.29, 1.82) is 0 Å². The number of esters is 1. The van der Waals surface area contributed by atoms with E-state index in [1.54, 1.807) is 31.2 Å². The third-order valence-corrected chi connectivity index (χ3v) is 4.77. The van der Waals surface area contributed by atoms with Crippen LogP contribution in [0.3, 0.4) is 0 Å². The number of carbonyl (C=O) groups is 2. The molecule has 9 heteroatoms. The maximum Gasteiger partial charge on any atom is 0.309 e. The minimum absolute atomic E-state index is 0.277. The summed E-state index contributed by atoms with van der Waals surface area (Å²) in [6.07, 6.45) is 1.18. The van der Waals surface area contributed by atoms with E-state index >= 15 is 0 Å². The van der Waals surface area contributed by atoms with Crippen LogP contribution in [0.1, 0.15) is 18.4 Å². The van der Waals surface area contributed by atoms with E-state index in [2.05, 4.69) is 15.5 Å². The van der Waals surface area contributed by atoms with Gasteiger partial charge in [-0.3, -0.25) is 9.59 Å². The zero-order chi connectivity index (χ0) is 20.1. The molecule has 0 atom stereocenters. The van der Waals surface area contributed by atoms with Gasteiger partial charge in [0.1, 0.15) is 5.82 Å². The number of hydrogen-bond acceptors (Lipinski definition) is 6. The van der Waals surface area contributed by atoms with E-state index in [9.17, 15) is 14.0 Å². The van der Waals surface area contributed by atoms with Gasteiger partial charge in [0.05, 0.1) is 5.92 Å². The second kappa shape index (κ2) is 8.97. The predicted octanol–water partition coefficient (Wildman–Crippen LogP) is 2.98.